The smallest absolute Gasteiger partial charge is 0.255 e. The molecule has 0 bridgehead atoms. The van der Waals surface area contributed by atoms with Crippen molar-refractivity contribution in [2.75, 3.05) is 5.73 Å². The minimum absolute atomic E-state index is 0.123. The van der Waals surface area contributed by atoms with E-state index in [1.807, 2.05) is 0 Å². The summed E-state index contributed by atoms with van der Waals surface area (Å²) in [6.45, 7) is 1.92. The zero-order chi connectivity index (χ0) is 13.1. The van der Waals surface area contributed by atoms with E-state index in [2.05, 4.69) is 10.3 Å². The molecule has 6 heteroatoms. The van der Waals surface area contributed by atoms with Crippen LogP contribution in [0.1, 0.15) is 22.0 Å². The lowest BCUT2D eigenvalue weighted by Crippen LogP contribution is -2.23. The molecule has 0 spiro atoms. The molecular weight excluding hydrogens is 234 g/mol. The molecule has 1 heterocycles. The van der Waals surface area contributed by atoms with Gasteiger partial charge in [-0.3, -0.25) is 4.79 Å². The highest BCUT2D eigenvalue weighted by Gasteiger charge is 2.13. The predicted molar refractivity (Wildman–Crippen MR) is 64.9 cm³/mol. The molecule has 4 N–H and O–H groups in total. The molecule has 94 valence electrons. The average molecular weight is 247 g/mol. The summed E-state index contributed by atoms with van der Waals surface area (Å²) >= 11 is 0. The molecule has 0 aliphatic heterocycles. The van der Waals surface area contributed by atoms with Gasteiger partial charge >= 0.3 is 0 Å². The number of anilines is 1. The molecule has 0 saturated heterocycles. The second kappa shape index (κ2) is 4.79. The molecule has 0 radical (unpaired) electrons. The first-order valence-corrected chi connectivity index (χ1v) is 5.35. The number of carbonyl (C=O) groups excluding carboxylic acids is 1. The number of amides is 1. The Kier molecular flexibility index (Phi) is 3.18. The van der Waals surface area contributed by atoms with Gasteiger partial charge in [0, 0.05) is 0 Å². The highest BCUT2D eigenvalue weighted by Crippen LogP contribution is 2.24. The number of benzene rings is 1. The average Bonchev–Trinajstić information content (AvgIpc) is 2.76. The van der Waals surface area contributed by atoms with Crippen LogP contribution in [0, 0.1) is 6.92 Å². The van der Waals surface area contributed by atoms with Gasteiger partial charge in [-0.2, -0.15) is 0 Å². The summed E-state index contributed by atoms with van der Waals surface area (Å²) in [6.07, 6.45) is 1.57. The summed E-state index contributed by atoms with van der Waals surface area (Å²) in [5, 5.41) is 12.2. The molecular formula is C12H13N3O3. The van der Waals surface area contributed by atoms with Crippen LogP contribution < -0.4 is 11.1 Å². The largest absolute Gasteiger partial charge is 0.505 e. The van der Waals surface area contributed by atoms with Gasteiger partial charge in [-0.25, -0.2) is 4.98 Å². The van der Waals surface area contributed by atoms with E-state index in [9.17, 15) is 9.90 Å². The van der Waals surface area contributed by atoms with Crippen LogP contribution in [0.25, 0.3) is 0 Å². The van der Waals surface area contributed by atoms with E-state index in [0.29, 0.717) is 11.7 Å². The third-order valence-electron chi connectivity index (χ3n) is 2.38. The maximum atomic E-state index is 11.8. The molecule has 0 atom stereocenters. The summed E-state index contributed by atoms with van der Waals surface area (Å²) in [5.74, 6) is 0.421. The lowest BCUT2D eigenvalue weighted by molar-refractivity contribution is 0.0944. The molecule has 0 unspecified atom stereocenters. The van der Waals surface area contributed by atoms with Gasteiger partial charge in [-0.05, 0) is 19.1 Å². The fourth-order valence-electron chi connectivity index (χ4n) is 1.48. The second-order valence-corrected chi connectivity index (χ2v) is 3.79. The van der Waals surface area contributed by atoms with Crippen LogP contribution in [0.2, 0.25) is 0 Å². The fourth-order valence-corrected chi connectivity index (χ4v) is 1.48. The molecule has 6 nitrogen and oxygen atoms in total. The first kappa shape index (κ1) is 12.0. The number of phenolic OH excluding ortho intramolecular Hbond substituents is 1. The number of nitrogens with two attached hydrogens (primary N) is 1. The van der Waals surface area contributed by atoms with Crippen molar-refractivity contribution in [3.63, 3.8) is 0 Å². The number of aromatic hydroxyl groups is 1. The summed E-state index contributed by atoms with van der Waals surface area (Å²) in [6, 6.07) is 4.60. The summed E-state index contributed by atoms with van der Waals surface area (Å²) in [4.78, 5) is 15.8. The predicted octanol–water partition coefficient (Wildman–Crippen LogP) is 1.20. The highest BCUT2D eigenvalue weighted by atomic mass is 16.4. The van der Waals surface area contributed by atoms with Crippen molar-refractivity contribution in [1.82, 2.24) is 10.3 Å². The van der Waals surface area contributed by atoms with Gasteiger partial charge in [0.1, 0.15) is 5.76 Å². The lowest BCUT2D eigenvalue weighted by Gasteiger charge is -2.06. The van der Waals surface area contributed by atoms with E-state index in [0.717, 1.165) is 0 Å². The number of phenols is 1. The number of aryl methyl sites for hydroxylation is 1. The molecule has 0 saturated carbocycles. The van der Waals surface area contributed by atoms with Gasteiger partial charge in [-0.1, -0.05) is 6.07 Å². The number of aromatic nitrogens is 1. The van der Waals surface area contributed by atoms with Crippen LogP contribution in [-0.4, -0.2) is 16.0 Å². The number of para-hydroxylation sites is 1. The van der Waals surface area contributed by atoms with Crippen molar-refractivity contribution in [3.05, 3.63) is 41.6 Å². The van der Waals surface area contributed by atoms with Gasteiger partial charge in [0.2, 0.25) is 5.89 Å². The van der Waals surface area contributed by atoms with Crippen molar-refractivity contribution in [3.8, 4) is 5.75 Å². The van der Waals surface area contributed by atoms with Crippen LogP contribution in [0.3, 0.4) is 0 Å². The molecule has 1 aromatic heterocycles. The van der Waals surface area contributed by atoms with Gasteiger partial charge in [0.05, 0.1) is 24.0 Å². The molecule has 1 amide bonds. The van der Waals surface area contributed by atoms with Crippen LogP contribution in [0.5, 0.6) is 5.75 Å². The number of hydrogen-bond acceptors (Lipinski definition) is 5. The minimum atomic E-state index is -0.435. The monoisotopic (exact) mass is 247 g/mol. The molecule has 0 aliphatic carbocycles. The highest BCUT2D eigenvalue weighted by molar-refractivity contribution is 5.98. The Labute approximate surface area is 103 Å². The Morgan fingerprint density at radius 3 is 3.00 bits per heavy atom. The van der Waals surface area contributed by atoms with E-state index in [1.54, 1.807) is 19.2 Å². The summed E-state index contributed by atoms with van der Waals surface area (Å²) in [5.41, 5.74) is 5.79. The van der Waals surface area contributed by atoms with Crippen LogP contribution in [0.4, 0.5) is 5.69 Å². The SMILES string of the molecule is Cc1cnc(CNC(=O)c2cccc(N)c2O)o1. The number of nitrogens with zero attached hydrogens (tertiary/aromatic N) is 1. The van der Waals surface area contributed by atoms with Crippen molar-refractivity contribution in [2.45, 2.75) is 13.5 Å². The lowest BCUT2D eigenvalue weighted by atomic mass is 10.1. The van der Waals surface area contributed by atoms with E-state index in [4.69, 9.17) is 10.2 Å². The Bertz CT molecular complexity index is 578. The van der Waals surface area contributed by atoms with Gasteiger partial charge in [0.15, 0.2) is 5.75 Å². The van der Waals surface area contributed by atoms with Crippen LogP contribution in [-0.2, 0) is 6.54 Å². The van der Waals surface area contributed by atoms with Crippen LogP contribution >= 0.6 is 0 Å². The standard InChI is InChI=1S/C12H13N3O3/c1-7-5-14-10(18-7)6-15-12(17)8-3-2-4-9(13)11(8)16/h2-5,16H,6,13H2,1H3,(H,15,17). The quantitative estimate of drug-likeness (QED) is 0.558. The molecule has 0 aliphatic rings. The van der Waals surface area contributed by atoms with Crippen molar-refractivity contribution in [2.24, 2.45) is 0 Å². The maximum Gasteiger partial charge on any atom is 0.255 e. The molecule has 18 heavy (non-hydrogen) atoms. The Morgan fingerprint density at radius 1 is 1.56 bits per heavy atom. The zero-order valence-corrected chi connectivity index (χ0v) is 9.80. The molecule has 2 aromatic rings. The number of nitrogens with one attached hydrogen (secondary N) is 1. The third kappa shape index (κ3) is 2.42. The second-order valence-electron chi connectivity index (χ2n) is 3.79. The van der Waals surface area contributed by atoms with Crippen molar-refractivity contribution in [1.29, 1.82) is 0 Å². The maximum absolute atomic E-state index is 11.8. The molecule has 0 fully saturated rings. The fraction of sp³-hybridized carbons (Fsp3) is 0.167. The zero-order valence-electron chi connectivity index (χ0n) is 9.80. The normalized spacial score (nSPS) is 10.3. The van der Waals surface area contributed by atoms with Gasteiger partial charge in [-0.15, -0.1) is 0 Å². The topological polar surface area (TPSA) is 101 Å². The first-order valence-electron chi connectivity index (χ1n) is 5.35. The van der Waals surface area contributed by atoms with Crippen molar-refractivity contribution < 1.29 is 14.3 Å². The Morgan fingerprint density at radius 2 is 2.33 bits per heavy atom. The van der Waals surface area contributed by atoms with Crippen molar-refractivity contribution >= 4 is 11.6 Å². The number of rotatable bonds is 3. The van der Waals surface area contributed by atoms with E-state index in [1.165, 1.54) is 12.1 Å². The minimum Gasteiger partial charge on any atom is -0.505 e. The number of oxazole rings is 1. The number of nitrogen functional groups attached to an aromatic ring is 1. The van der Waals surface area contributed by atoms with Gasteiger partial charge in [0.25, 0.3) is 5.91 Å². The number of hydrogen-bond donors (Lipinski definition) is 3. The Hall–Kier alpha value is -2.50. The van der Waals surface area contributed by atoms with Crippen LogP contribution in [0.15, 0.2) is 28.8 Å². The summed E-state index contributed by atoms with van der Waals surface area (Å²) in [7, 11) is 0. The Balaban J connectivity index is 2.06. The van der Waals surface area contributed by atoms with Gasteiger partial charge < -0.3 is 20.6 Å². The number of carbonyl (C=O) groups is 1. The van der Waals surface area contributed by atoms with E-state index in [-0.39, 0.29) is 23.5 Å². The van der Waals surface area contributed by atoms with E-state index < -0.39 is 5.91 Å². The molecule has 1 aromatic carbocycles. The molecule has 2 rings (SSSR count). The third-order valence-corrected chi connectivity index (χ3v) is 2.38. The first-order chi connectivity index (χ1) is 8.58. The summed E-state index contributed by atoms with van der Waals surface area (Å²) < 4.78 is 5.21. The van der Waals surface area contributed by atoms with E-state index >= 15 is 0 Å².